The Labute approximate surface area is 161 Å². The zero-order valence-electron chi connectivity index (χ0n) is 15.7. The van der Waals surface area contributed by atoms with Gasteiger partial charge in [-0.15, -0.1) is 6.42 Å². The molecule has 0 fully saturated rings. The van der Waals surface area contributed by atoms with Crippen molar-refractivity contribution in [2.45, 2.75) is 20.4 Å². The monoisotopic (exact) mass is 380 g/mol. The van der Waals surface area contributed by atoms with E-state index in [1.807, 2.05) is 48.7 Å². The van der Waals surface area contributed by atoms with Crippen LogP contribution >= 0.6 is 11.3 Å². The second kappa shape index (κ2) is 7.68. The Bertz CT molecular complexity index is 1110. The van der Waals surface area contributed by atoms with Gasteiger partial charge in [-0.1, -0.05) is 34.5 Å². The maximum atomic E-state index is 12.7. The van der Waals surface area contributed by atoms with Gasteiger partial charge in [-0.2, -0.15) is 4.99 Å². The Kier molecular flexibility index (Phi) is 5.33. The van der Waals surface area contributed by atoms with Crippen LogP contribution in [0.5, 0.6) is 11.5 Å². The molecule has 0 unspecified atom stereocenters. The highest BCUT2D eigenvalue weighted by atomic mass is 32.1. The molecule has 0 bridgehead atoms. The van der Waals surface area contributed by atoms with Crippen LogP contribution < -0.4 is 14.3 Å². The van der Waals surface area contributed by atoms with E-state index in [0.717, 1.165) is 21.3 Å². The normalized spacial score (nSPS) is 11.4. The van der Waals surface area contributed by atoms with Crippen molar-refractivity contribution in [3.05, 3.63) is 51.8 Å². The molecule has 3 rings (SSSR count). The summed E-state index contributed by atoms with van der Waals surface area (Å²) >= 11 is 1.39. The summed E-state index contributed by atoms with van der Waals surface area (Å²) in [7, 11) is 3.16. The van der Waals surface area contributed by atoms with Gasteiger partial charge in [0.2, 0.25) is 0 Å². The summed E-state index contributed by atoms with van der Waals surface area (Å²) in [6.45, 7) is 4.22. The number of nitrogens with zero attached hydrogens (tertiary/aromatic N) is 2. The van der Waals surface area contributed by atoms with Crippen molar-refractivity contribution < 1.29 is 14.3 Å². The molecule has 1 aromatic heterocycles. The third-order valence-corrected chi connectivity index (χ3v) is 5.14. The second-order valence-electron chi connectivity index (χ2n) is 6.14. The van der Waals surface area contributed by atoms with E-state index in [-0.39, 0.29) is 5.91 Å². The molecular formula is C21H20N2O3S. The fourth-order valence-corrected chi connectivity index (χ4v) is 4.01. The van der Waals surface area contributed by atoms with Crippen LogP contribution in [-0.4, -0.2) is 24.7 Å². The topological polar surface area (TPSA) is 52.8 Å². The van der Waals surface area contributed by atoms with Crippen molar-refractivity contribution in [3.63, 3.8) is 0 Å². The van der Waals surface area contributed by atoms with Crippen LogP contribution in [0.25, 0.3) is 10.2 Å². The van der Waals surface area contributed by atoms with E-state index in [1.165, 1.54) is 11.3 Å². The lowest BCUT2D eigenvalue weighted by Gasteiger charge is -2.08. The van der Waals surface area contributed by atoms with Crippen LogP contribution in [0.1, 0.15) is 21.5 Å². The van der Waals surface area contributed by atoms with Crippen LogP contribution in [-0.2, 0) is 6.54 Å². The number of hydrogen-bond donors (Lipinski definition) is 0. The number of terminal acetylenes is 1. The van der Waals surface area contributed by atoms with Crippen molar-refractivity contribution in [2.75, 3.05) is 14.2 Å². The summed E-state index contributed by atoms with van der Waals surface area (Å²) in [4.78, 5) is 17.6. The number of fused-ring (bicyclic) bond motifs is 1. The van der Waals surface area contributed by atoms with Crippen LogP contribution in [0.3, 0.4) is 0 Å². The lowest BCUT2D eigenvalue weighted by atomic mass is 10.1. The van der Waals surface area contributed by atoms with Gasteiger partial charge in [0.05, 0.1) is 31.0 Å². The lowest BCUT2D eigenvalue weighted by molar-refractivity contribution is 0.0997. The number of rotatable bonds is 4. The third kappa shape index (κ3) is 3.74. The Hall–Kier alpha value is -3.04. The summed E-state index contributed by atoms with van der Waals surface area (Å²) in [5.74, 6) is 3.55. The smallest absolute Gasteiger partial charge is 0.279 e. The fourth-order valence-electron chi connectivity index (χ4n) is 2.98. The molecule has 138 valence electrons. The number of ether oxygens (including phenoxy) is 2. The Morgan fingerprint density at radius 1 is 1.11 bits per heavy atom. The highest BCUT2D eigenvalue weighted by Crippen LogP contribution is 2.33. The average molecular weight is 380 g/mol. The number of methoxy groups -OCH3 is 2. The zero-order valence-corrected chi connectivity index (χ0v) is 16.5. The van der Waals surface area contributed by atoms with Gasteiger partial charge in [-0.05, 0) is 26.0 Å². The van der Waals surface area contributed by atoms with E-state index in [9.17, 15) is 4.79 Å². The van der Waals surface area contributed by atoms with Crippen molar-refractivity contribution in [1.29, 1.82) is 0 Å². The molecule has 3 aromatic rings. The molecule has 0 atom stereocenters. The number of benzene rings is 2. The maximum absolute atomic E-state index is 12.7. The number of carbonyl (C=O) groups excluding carboxylic acids is 1. The quantitative estimate of drug-likeness (QED) is 0.649. The number of carbonyl (C=O) groups is 1. The SMILES string of the molecule is C#CCn1c(=NC(=O)c2cc(C)cc(C)c2)sc2cc(OC)c(OC)cc21. The number of thiazole rings is 1. The predicted molar refractivity (Wildman–Crippen MR) is 108 cm³/mol. The molecule has 6 heteroatoms. The van der Waals surface area contributed by atoms with Crippen LogP contribution in [0.15, 0.2) is 35.3 Å². The molecule has 1 amide bonds. The van der Waals surface area contributed by atoms with Gasteiger partial charge in [0.1, 0.15) is 0 Å². The number of hydrogen-bond acceptors (Lipinski definition) is 4. The van der Waals surface area contributed by atoms with E-state index in [4.69, 9.17) is 15.9 Å². The van der Waals surface area contributed by atoms with Gasteiger partial charge < -0.3 is 14.0 Å². The van der Waals surface area contributed by atoms with Gasteiger partial charge in [0.15, 0.2) is 16.3 Å². The van der Waals surface area contributed by atoms with E-state index >= 15 is 0 Å². The largest absolute Gasteiger partial charge is 0.493 e. The Balaban J connectivity index is 2.20. The second-order valence-corrected chi connectivity index (χ2v) is 7.15. The molecule has 0 N–H and O–H groups in total. The number of amides is 1. The summed E-state index contributed by atoms with van der Waals surface area (Å²) in [6, 6.07) is 9.41. The molecular weight excluding hydrogens is 360 g/mol. The van der Waals surface area contributed by atoms with Crippen molar-refractivity contribution in [3.8, 4) is 23.8 Å². The minimum Gasteiger partial charge on any atom is -0.493 e. The average Bonchev–Trinajstić information content (AvgIpc) is 2.96. The predicted octanol–water partition coefficient (Wildman–Crippen LogP) is 3.71. The summed E-state index contributed by atoms with van der Waals surface area (Å²) < 4.78 is 13.5. The standard InChI is InChI=1S/C21H20N2O3S/c1-6-7-23-16-11-17(25-4)18(26-5)12-19(16)27-21(23)22-20(24)15-9-13(2)8-14(3)10-15/h1,8-12H,7H2,2-5H3. The van der Waals surface area contributed by atoms with Gasteiger partial charge >= 0.3 is 0 Å². The summed E-state index contributed by atoms with van der Waals surface area (Å²) in [5.41, 5.74) is 3.46. The molecule has 27 heavy (non-hydrogen) atoms. The first-order valence-corrected chi connectivity index (χ1v) is 9.14. The van der Waals surface area contributed by atoms with Crippen LogP contribution in [0.2, 0.25) is 0 Å². The van der Waals surface area contributed by atoms with Crippen LogP contribution in [0.4, 0.5) is 0 Å². The van der Waals surface area contributed by atoms with Crippen LogP contribution in [0, 0.1) is 26.2 Å². The first-order chi connectivity index (χ1) is 13.0. The van der Waals surface area contributed by atoms with Crippen molar-refractivity contribution >= 4 is 27.5 Å². The molecule has 0 aliphatic carbocycles. The first kappa shape index (κ1) is 18.7. The molecule has 0 saturated carbocycles. The van der Waals surface area contributed by atoms with Crippen molar-refractivity contribution in [2.24, 2.45) is 4.99 Å². The highest BCUT2D eigenvalue weighted by molar-refractivity contribution is 7.16. The van der Waals surface area contributed by atoms with E-state index in [2.05, 4.69) is 10.9 Å². The van der Waals surface area contributed by atoms with Gasteiger partial charge in [-0.3, -0.25) is 4.79 Å². The Morgan fingerprint density at radius 3 is 2.33 bits per heavy atom. The molecule has 2 aromatic carbocycles. The van der Waals surface area contributed by atoms with Gasteiger partial charge in [0, 0.05) is 17.7 Å². The molecule has 1 heterocycles. The minimum atomic E-state index is -0.293. The molecule has 0 aliphatic heterocycles. The zero-order chi connectivity index (χ0) is 19.6. The third-order valence-electron chi connectivity index (χ3n) is 4.10. The molecule has 0 spiro atoms. The molecule has 0 saturated heterocycles. The van der Waals surface area contributed by atoms with E-state index in [1.54, 1.807) is 14.2 Å². The first-order valence-electron chi connectivity index (χ1n) is 8.33. The van der Waals surface area contributed by atoms with Gasteiger partial charge in [-0.25, -0.2) is 0 Å². The molecule has 0 aliphatic rings. The summed E-state index contributed by atoms with van der Waals surface area (Å²) in [5, 5.41) is 0. The lowest BCUT2D eigenvalue weighted by Crippen LogP contribution is -2.16. The number of aromatic nitrogens is 1. The van der Waals surface area contributed by atoms with Crippen molar-refractivity contribution in [1.82, 2.24) is 4.57 Å². The number of aryl methyl sites for hydroxylation is 2. The minimum absolute atomic E-state index is 0.293. The van der Waals surface area contributed by atoms with Gasteiger partial charge in [0.25, 0.3) is 5.91 Å². The molecule has 5 nitrogen and oxygen atoms in total. The fraction of sp³-hybridized carbons (Fsp3) is 0.238. The molecule has 0 radical (unpaired) electrons. The maximum Gasteiger partial charge on any atom is 0.279 e. The summed E-state index contributed by atoms with van der Waals surface area (Å²) in [6.07, 6.45) is 5.54. The van der Waals surface area contributed by atoms with E-state index < -0.39 is 0 Å². The Morgan fingerprint density at radius 2 is 1.74 bits per heavy atom. The highest BCUT2D eigenvalue weighted by Gasteiger charge is 2.13. The van der Waals surface area contributed by atoms with E-state index in [0.29, 0.717) is 28.4 Å².